The zero-order chi connectivity index (χ0) is 16.6. The molecule has 126 valence electrons. The fourth-order valence-corrected chi connectivity index (χ4v) is 4.53. The molecule has 3 rings (SSSR count). The summed E-state index contributed by atoms with van der Waals surface area (Å²) in [7, 11) is 2.20. The van der Waals surface area contributed by atoms with Gasteiger partial charge in [0.25, 0.3) is 0 Å². The van der Waals surface area contributed by atoms with Crippen LogP contribution in [0.5, 0.6) is 0 Å². The monoisotopic (exact) mass is 356 g/mol. The number of rotatable bonds is 9. The smallest absolute Gasteiger partial charge is 0.0764 e. The van der Waals surface area contributed by atoms with Gasteiger partial charge in [0.2, 0.25) is 0 Å². The van der Waals surface area contributed by atoms with Gasteiger partial charge in [0, 0.05) is 16.3 Å². The van der Waals surface area contributed by atoms with Gasteiger partial charge in [-0.2, -0.15) is 0 Å². The highest BCUT2D eigenvalue weighted by atomic mass is 32.1. The molecular weight excluding hydrogens is 332 g/mol. The summed E-state index contributed by atoms with van der Waals surface area (Å²) in [5, 5.41) is 8.05. The molecule has 1 N–H and O–H groups in total. The van der Waals surface area contributed by atoms with Crippen LogP contribution in [0.4, 0.5) is 0 Å². The van der Waals surface area contributed by atoms with Crippen molar-refractivity contribution in [3.05, 3.63) is 80.7 Å². The Morgan fingerprint density at radius 2 is 1.58 bits per heavy atom. The normalized spacial score (nSPS) is 11.5. The minimum absolute atomic E-state index is 0.337. The molecular formula is C20H24N2S2. The van der Waals surface area contributed by atoms with Gasteiger partial charge in [-0.05, 0) is 55.0 Å². The summed E-state index contributed by atoms with van der Waals surface area (Å²) < 4.78 is 0. The van der Waals surface area contributed by atoms with Gasteiger partial charge >= 0.3 is 0 Å². The Bertz CT molecular complexity index is 644. The van der Waals surface area contributed by atoms with E-state index in [-0.39, 0.29) is 0 Å². The molecule has 4 heteroatoms. The molecule has 24 heavy (non-hydrogen) atoms. The van der Waals surface area contributed by atoms with Crippen molar-refractivity contribution < 1.29 is 0 Å². The molecule has 0 aliphatic carbocycles. The molecule has 1 aromatic carbocycles. The Labute approximate surface area is 152 Å². The number of nitrogens with zero attached hydrogens (tertiary/aromatic N) is 1. The van der Waals surface area contributed by atoms with Gasteiger partial charge in [-0.1, -0.05) is 42.5 Å². The van der Waals surface area contributed by atoms with Crippen molar-refractivity contribution in [2.24, 2.45) is 0 Å². The summed E-state index contributed by atoms with van der Waals surface area (Å²) >= 11 is 3.66. The third-order valence-corrected chi connectivity index (χ3v) is 5.89. The lowest BCUT2D eigenvalue weighted by molar-refractivity contribution is 0.318. The fraction of sp³-hybridized carbons (Fsp3) is 0.300. The van der Waals surface area contributed by atoms with E-state index < -0.39 is 0 Å². The van der Waals surface area contributed by atoms with Gasteiger partial charge in [-0.3, -0.25) is 0 Å². The second-order valence-electron chi connectivity index (χ2n) is 5.99. The summed E-state index contributed by atoms with van der Waals surface area (Å²) in [6.07, 6.45) is 1.15. The lowest BCUT2D eigenvalue weighted by Crippen LogP contribution is -2.26. The SMILES string of the molecule is CN(CCCNC(c1cccs1)c1cccs1)Cc1ccccc1. The van der Waals surface area contributed by atoms with Crippen molar-refractivity contribution in [3.63, 3.8) is 0 Å². The molecule has 2 heterocycles. The van der Waals surface area contributed by atoms with Crippen molar-refractivity contribution in [3.8, 4) is 0 Å². The molecule has 0 fully saturated rings. The Morgan fingerprint density at radius 1 is 0.917 bits per heavy atom. The number of hydrogen-bond donors (Lipinski definition) is 1. The number of hydrogen-bond acceptors (Lipinski definition) is 4. The predicted octanol–water partition coefficient (Wildman–Crippen LogP) is 5.01. The first kappa shape index (κ1) is 17.4. The fourth-order valence-electron chi connectivity index (χ4n) is 2.82. The number of nitrogens with one attached hydrogen (secondary N) is 1. The van der Waals surface area contributed by atoms with Crippen LogP contribution >= 0.6 is 22.7 Å². The summed E-state index contributed by atoms with van der Waals surface area (Å²) in [6.45, 7) is 3.14. The average Bonchev–Trinajstić information content (AvgIpc) is 3.30. The van der Waals surface area contributed by atoms with E-state index in [4.69, 9.17) is 0 Å². The van der Waals surface area contributed by atoms with Crippen LogP contribution in [0.1, 0.15) is 27.8 Å². The molecule has 0 saturated heterocycles. The minimum atomic E-state index is 0.337. The van der Waals surface area contributed by atoms with Gasteiger partial charge < -0.3 is 10.2 Å². The van der Waals surface area contributed by atoms with Crippen LogP contribution in [0.2, 0.25) is 0 Å². The zero-order valence-electron chi connectivity index (χ0n) is 14.0. The maximum Gasteiger partial charge on any atom is 0.0764 e. The van der Waals surface area contributed by atoms with E-state index in [1.54, 1.807) is 0 Å². The molecule has 0 aliphatic heterocycles. The maximum absolute atomic E-state index is 3.74. The van der Waals surface area contributed by atoms with Crippen LogP contribution in [0.25, 0.3) is 0 Å². The van der Waals surface area contributed by atoms with E-state index in [9.17, 15) is 0 Å². The quantitative estimate of drug-likeness (QED) is 0.542. The molecule has 0 spiro atoms. The van der Waals surface area contributed by atoms with E-state index in [2.05, 4.69) is 82.6 Å². The third kappa shape index (κ3) is 5.02. The second-order valence-corrected chi connectivity index (χ2v) is 7.95. The summed E-state index contributed by atoms with van der Waals surface area (Å²) in [5.41, 5.74) is 1.38. The average molecular weight is 357 g/mol. The van der Waals surface area contributed by atoms with Crippen LogP contribution in [0.3, 0.4) is 0 Å². The third-order valence-electron chi connectivity index (χ3n) is 4.02. The first-order valence-electron chi connectivity index (χ1n) is 8.35. The zero-order valence-corrected chi connectivity index (χ0v) is 15.7. The van der Waals surface area contributed by atoms with Crippen LogP contribution < -0.4 is 5.32 Å². The molecule has 0 unspecified atom stereocenters. The van der Waals surface area contributed by atoms with Gasteiger partial charge in [0.1, 0.15) is 0 Å². The lowest BCUT2D eigenvalue weighted by atomic mass is 10.2. The Hall–Kier alpha value is -1.46. The van der Waals surface area contributed by atoms with E-state index in [1.165, 1.54) is 15.3 Å². The van der Waals surface area contributed by atoms with Crippen LogP contribution in [-0.4, -0.2) is 25.0 Å². The van der Waals surface area contributed by atoms with E-state index in [1.807, 2.05) is 22.7 Å². The predicted molar refractivity (Wildman–Crippen MR) is 106 cm³/mol. The molecule has 0 radical (unpaired) electrons. The maximum atomic E-state index is 3.74. The van der Waals surface area contributed by atoms with Gasteiger partial charge in [-0.15, -0.1) is 22.7 Å². The van der Waals surface area contributed by atoms with Crippen LogP contribution in [-0.2, 0) is 6.54 Å². The molecule has 0 atom stereocenters. The van der Waals surface area contributed by atoms with E-state index in [0.717, 1.165) is 26.1 Å². The standard InChI is InChI=1S/C20H24N2S2/c1-22(16-17-8-3-2-4-9-17)13-7-12-21-20(18-10-5-14-23-18)19-11-6-15-24-19/h2-6,8-11,14-15,20-21H,7,12-13,16H2,1H3. The summed E-state index contributed by atoms with van der Waals surface area (Å²) in [5.74, 6) is 0. The van der Waals surface area contributed by atoms with Crippen molar-refractivity contribution in [2.75, 3.05) is 20.1 Å². The largest absolute Gasteiger partial charge is 0.305 e. The van der Waals surface area contributed by atoms with Gasteiger partial charge in [0.15, 0.2) is 0 Å². The first-order valence-corrected chi connectivity index (χ1v) is 10.1. The van der Waals surface area contributed by atoms with Crippen molar-refractivity contribution in [1.82, 2.24) is 10.2 Å². The molecule has 0 bridgehead atoms. The summed E-state index contributed by atoms with van der Waals surface area (Å²) in [6, 6.07) is 19.7. The highest BCUT2D eigenvalue weighted by Crippen LogP contribution is 2.28. The van der Waals surface area contributed by atoms with Crippen molar-refractivity contribution in [2.45, 2.75) is 19.0 Å². The molecule has 3 aromatic rings. The molecule has 0 aliphatic rings. The molecule has 2 aromatic heterocycles. The van der Waals surface area contributed by atoms with Gasteiger partial charge in [0.05, 0.1) is 6.04 Å². The van der Waals surface area contributed by atoms with E-state index in [0.29, 0.717) is 6.04 Å². The molecule has 2 nitrogen and oxygen atoms in total. The number of thiophene rings is 2. The second kappa shape index (κ2) is 9.14. The molecule has 0 saturated carbocycles. The highest BCUT2D eigenvalue weighted by Gasteiger charge is 2.15. The Kier molecular flexibility index (Phi) is 6.61. The Morgan fingerprint density at radius 3 is 2.17 bits per heavy atom. The first-order chi connectivity index (χ1) is 11.8. The van der Waals surface area contributed by atoms with Gasteiger partial charge in [-0.25, -0.2) is 0 Å². The molecule has 0 amide bonds. The highest BCUT2D eigenvalue weighted by molar-refractivity contribution is 7.11. The minimum Gasteiger partial charge on any atom is -0.305 e. The summed E-state index contributed by atoms with van der Waals surface area (Å²) in [4.78, 5) is 5.19. The van der Waals surface area contributed by atoms with Crippen LogP contribution in [0, 0.1) is 0 Å². The topological polar surface area (TPSA) is 15.3 Å². The van der Waals surface area contributed by atoms with Crippen molar-refractivity contribution >= 4 is 22.7 Å². The van der Waals surface area contributed by atoms with E-state index >= 15 is 0 Å². The lowest BCUT2D eigenvalue weighted by Gasteiger charge is -2.19. The Balaban J connectivity index is 1.46. The number of benzene rings is 1. The van der Waals surface area contributed by atoms with Crippen molar-refractivity contribution in [1.29, 1.82) is 0 Å². The van der Waals surface area contributed by atoms with Crippen LogP contribution in [0.15, 0.2) is 65.4 Å².